The predicted molar refractivity (Wildman–Crippen MR) is 126 cm³/mol. The molecule has 0 amide bonds. The number of aromatic nitrogens is 1. The Hall–Kier alpha value is -2.80. The number of aryl methyl sites for hydroxylation is 1. The topological polar surface area (TPSA) is 71.0 Å². The lowest BCUT2D eigenvalue weighted by Crippen LogP contribution is -2.42. The smallest absolute Gasteiger partial charge is 0.191 e. The summed E-state index contributed by atoms with van der Waals surface area (Å²) in [6, 6.07) is 12.2. The van der Waals surface area contributed by atoms with Gasteiger partial charge in [-0.25, -0.2) is 9.98 Å². The Morgan fingerprint density at radius 2 is 2.19 bits per heavy atom. The van der Waals surface area contributed by atoms with Crippen molar-refractivity contribution in [3.8, 4) is 5.75 Å². The van der Waals surface area contributed by atoms with Crippen LogP contribution in [0.1, 0.15) is 31.9 Å². The minimum atomic E-state index is 0.0153. The summed E-state index contributed by atoms with van der Waals surface area (Å²) in [5, 5.41) is 6.69. The van der Waals surface area contributed by atoms with E-state index in [1.807, 2.05) is 30.5 Å². The molecule has 7 heteroatoms. The number of ether oxygens (including phenoxy) is 2. The molecule has 1 saturated heterocycles. The minimum absolute atomic E-state index is 0.0153. The maximum Gasteiger partial charge on any atom is 0.191 e. The molecule has 0 radical (unpaired) electrons. The molecule has 1 aliphatic heterocycles. The van der Waals surface area contributed by atoms with Crippen molar-refractivity contribution in [3.63, 3.8) is 0 Å². The van der Waals surface area contributed by atoms with Crippen molar-refractivity contribution in [1.29, 1.82) is 0 Å². The monoisotopic (exact) mass is 425 g/mol. The van der Waals surface area contributed by atoms with Gasteiger partial charge < -0.3 is 25.0 Å². The molecule has 0 aliphatic carbocycles. The lowest BCUT2D eigenvalue weighted by molar-refractivity contribution is 0.0529. The molecule has 0 saturated carbocycles. The summed E-state index contributed by atoms with van der Waals surface area (Å²) >= 11 is 0. The molecular formula is C24H35N5O2. The maximum atomic E-state index is 6.01. The first-order valence-electron chi connectivity index (χ1n) is 11.1. The van der Waals surface area contributed by atoms with Gasteiger partial charge in [0.15, 0.2) is 5.96 Å². The normalized spacial score (nSPS) is 17.9. The summed E-state index contributed by atoms with van der Waals surface area (Å²) in [5.41, 5.74) is 2.32. The summed E-state index contributed by atoms with van der Waals surface area (Å²) in [5.74, 6) is 2.65. The van der Waals surface area contributed by atoms with Gasteiger partial charge in [-0.1, -0.05) is 12.1 Å². The fraction of sp³-hybridized carbons (Fsp3) is 0.500. The first-order chi connectivity index (χ1) is 15.0. The Balaban J connectivity index is 1.56. The minimum Gasteiger partial charge on any atom is -0.489 e. The molecule has 0 spiro atoms. The highest BCUT2D eigenvalue weighted by molar-refractivity contribution is 5.79. The van der Waals surface area contributed by atoms with E-state index in [4.69, 9.17) is 14.5 Å². The van der Waals surface area contributed by atoms with Crippen molar-refractivity contribution < 1.29 is 9.47 Å². The Labute approximate surface area is 185 Å². The SMILES string of the molecule is CCNC(=NCc1ccnc(N2CCOC(C)C2)c1)NCC(C)Oc1cccc(C)c1. The van der Waals surface area contributed by atoms with Gasteiger partial charge in [-0.2, -0.15) is 0 Å². The summed E-state index contributed by atoms with van der Waals surface area (Å²) in [6.45, 7) is 12.8. The van der Waals surface area contributed by atoms with Crippen molar-refractivity contribution in [3.05, 3.63) is 53.7 Å². The standard InChI is InChI=1S/C24H35N5O2/c1-5-25-24(27-15-19(3)31-22-8-6-7-18(2)13-22)28-16-21-9-10-26-23(14-21)29-11-12-30-20(4)17-29/h6-10,13-14,19-20H,5,11-12,15-17H2,1-4H3,(H2,25,27,28). The quantitative estimate of drug-likeness (QED) is 0.500. The van der Waals surface area contributed by atoms with E-state index in [0.717, 1.165) is 49.3 Å². The van der Waals surface area contributed by atoms with Gasteiger partial charge in [0.25, 0.3) is 0 Å². The second-order valence-corrected chi connectivity index (χ2v) is 7.97. The molecule has 2 N–H and O–H groups in total. The van der Waals surface area contributed by atoms with Gasteiger partial charge >= 0.3 is 0 Å². The summed E-state index contributed by atoms with van der Waals surface area (Å²) < 4.78 is 11.6. The van der Waals surface area contributed by atoms with Gasteiger partial charge in [-0.05, 0) is 63.1 Å². The van der Waals surface area contributed by atoms with E-state index in [1.54, 1.807) is 0 Å². The third-order valence-corrected chi connectivity index (χ3v) is 5.02. The fourth-order valence-electron chi connectivity index (χ4n) is 3.47. The lowest BCUT2D eigenvalue weighted by Gasteiger charge is -2.32. The molecule has 7 nitrogen and oxygen atoms in total. The number of guanidine groups is 1. The number of pyridine rings is 1. The maximum absolute atomic E-state index is 6.01. The zero-order valence-corrected chi connectivity index (χ0v) is 19.1. The number of nitrogens with zero attached hydrogens (tertiary/aromatic N) is 3. The van der Waals surface area contributed by atoms with Crippen LogP contribution < -0.4 is 20.3 Å². The molecule has 3 rings (SSSR count). The zero-order chi connectivity index (χ0) is 22.1. The first-order valence-corrected chi connectivity index (χ1v) is 11.1. The summed E-state index contributed by atoms with van der Waals surface area (Å²) in [4.78, 5) is 11.6. The Morgan fingerprint density at radius 3 is 2.97 bits per heavy atom. The van der Waals surface area contributed by atoms with Crippen LogP contribution in [0.2, 0.25) is 0 Å². The first kappa shape index (κ1) is 22.9. The lowest BCUT2D eigenvalue weighted by atomic mass is 10.2. The van der Waals surface area contributed by atoms with Gasteiger partial charge in [0, 0.05) is 25.8 Å². The van der Waals surface area contributed by atoms with Crippen molar-refractivity contribution in [1.82, 2.24) is 15.6 Å². The highest BCUT2D eigenvalue weighted by Crippen LogP contribution is 2.17. The van der Waals surface area contributed by atoms with Crippen LogP contribution in [0.4, 0.5) is 5.82 Å². The van der Waals surface area contributed by atoms with E-state index in [-0.39, 0.29) is 12.2 Å². The highest BCUT2D eigenvalue weighted by Gasteiger charge is 2.18. The number of rotatable bonds is 8. The van der Waals surface area contributed by atoms with Crippen LogP contribution in [0.3, 0.4) is 0 Å². The van der Waals surface area contributed by atoms with Crippen LogP contribution in [-0.4, -0.2) is 55.9 Å². The van der Waals surface area contributed by atoms with Gasteiger partial charge in [-0.3, -0.25) is 0 Å². The number of hydrogen-bond donors (Lipinski definition) is 2. The van der Waals surface area contributed by atoms with Gasteiger partial charge in [-0.15, -0.1) is 0 Å². The van der Waals surface area contributed by atoms with E-state index < -0.39 is 0 Å². The van der Waals surface area contributed by atoms with E-state index in [2.05, 4.69) is 60.3 Å². The van der Waals surface area contributed by atoms with Crippen molar-refractivity contribution >= 4 is 11.8 Å². The average Bonchev–Trinajstić information content (AvgIpc) is 2.76. The second-order valence-electron chi connectivity index (χ2n) is 7.97. The van der Waals surface area contributed by atoms with Crippen molar-refractivity contribution in [2.75, 3.05) is 37.7 Å². The molecule has 1 aliphatic rings. The van der Waals surface area contributed by atoms with Crippen LogP contribution in [0.15, 0.2) is 47.6 Å². The van der Waals surface area contributed by atoms with Crippen LogP contribution in [0.5, 0.6) is 5.75 Å². The fourth-order valence-corrected chi connectivity index (χ4v) is 3.47. The van der Waals surface area contributed by atoms with E-state index in [1.165, 1.54) is 5.56 Å². The number of nitrogens with one attached hydrogen (secondary N) is 2. The third kappa shape index (κ3) is 7.43. The van der Waals surface area contributed by atoms with Crippen LogP contribution >= 0.6 is 0 Å². The van der Waals surface area contributed by atoms with E-state index in [0.29, 0.717) is 13.1 Å². The zero-order valence-electron chi connectivity index (χ0n) is 19.1. The Morgan fingerprint density at radius 1 is 1.32 bits per heavy atom. The molecule has 2 atom stereocenters. The number of morpholine rings is 1. The molecule has 1 aromatic heterocycles. The number of aliphatic imine (C=N–C) groups is 1. The molecular weight excluding hydrogens is 390 g/mol. The van der Waals surface area contributed by atoms with Crippen LogP contribution in [-0.2, 0) is 11.3 Å². The van der Waals surface area contributed by atoms with E-state index in [9.17, 15) is 0 Å². The molecule has 0 bridgehead atoms. The predicted octanol–water partition coefficient (Wildman–Crippen LogP) is 3.14. The van der Waals surface area contributed by atoms with Gasteiger partial charge in [0.2, 0.25) is 0 Å². The Bertz CT molecular complexity index is 857. The summed E-state index contributed by atoms with van der Waals surface area (Å²) in [6.07, 6.45) is 2.10. The second kappa shape index (κ2) is 11.6. The Kier molecular flexibility index (Phi) is 8.53. The molecule has 31 heavy (non-hydrogen) atoms. The molecule has 1 aromatic carbocycles. The van der Waals surface area contributed by atoms with Gasteiger partial charge in [0.05, 0.1) is 25.8 Å². The molecule has 168 valence electrons. The molecule has 1 fully saturated rings. The number of benzene rings is 1. The largest absolute Gasteiger partial charge is 0.489 e. The third-order valence-electron chi connectivity index (χ3n) is 5.02. The van der Waals surface area contributed by atoms with Crippen LogP contribution in [0, 0.1) is 6.92 Å². The van der Waals surface area contributed by atoms with Gasteiger partial charge in [0.1, 0.15) is 17.7 Å². The van der Waals surface area contributed by atoms with Crippen molar-refractivity contribution in [2.24, 2.45) is 4.99 Å². The number of anilines is 1. The van der Waals surface area contributed by atoms with Crippen molar-refractivity contribution in [2.45, 2.75) is 46.4 Å². The summed E-state index contributed by atoms with van der Waals surface area (Å²) in [7, 11) is 0. The highest BCUT2D eigenvalue weighted by atomic mass is 16.5. The van der Waals surface area contributed by atoms with E-state index >= 15 is 0 Å². The van der Waals surface area contributed by atoms with Crippen LogP contribution in [0.25, 0.3) is 0 Å². The average molecular weight is 426 g/mol. The molecule has 2 aromatic rings. The molecule has 2 unspecified atom stereocenters. The molecule has 2 heterocycles. The number of hydrogen-bond acceptors (Lipinski definition) is 5.